The SMILES string of the molecule is CCNC(CSc1ccc(Br)cc1)c1ccnn1CC. The molecule has 5 heteroatoms. The summed E-state index contributed by atoms with van der Waals surface area (Å²) in [5.74, 6) is 1.00. The van der Waals surface area contributed by atoms with E-state index in [1.165, 1.54) is 10.6 Å². The Balaban J connectivity index is 2.04. The van der Waals surface area contributed by atoms with Gasteiger partial charge in [0.15, 0.2) is 0 Å². The lowest BCUT2D eigenvalue weighted by Gasteiger charge is -2.18. The summed E-state index contributed by atoms with van der Waals surface area (Å²) in [6.45, 7) is 6.14. The van der Waals surface area contributed by atoms with Crippen LogP contribution in [0.5, 0.6) is 0 Å². The molecule has 1 aromatic heterocycles. The minimum absolute atomic E-state index is 0.330. The lowest BCUT2D eigenvalue weighted by molar-refractivity contribution is 0.527. The summed E-state index contributed by atoms with van der Waals surface area (Å²) in [5.41, 5.74) is 1.26. The topological polar surface area (TPSA) is 29.9 Å². The van der Waals surface area contributed by atoms with E-state index in [-0.39, 0.29) is 0 Å². The number of nitrogens with zero attached hydrogens (tertiary/aromatic N) is 2. The van der Waals surface area contributed by atoms with Crippen molar-refractivity contribution in [2.75, 3.05) is 12.3 Å². The standard InChI is InChI=1S/C15H20BrN3S/c1-3-17-14(15-9-10-18-19(15)4-2)11-20-13-7-5-12(16)6-8-13/h5-10,14,17H,3-4,11H2,1-2H3. The quantitative estimate of drug-likeness (QED) is 0.759. The minimum Gasteiger partial charge on any atom is -0.308 e. The average Bonchev–Trinajstić information content (AvgIpc) is 2.93. The van der Waals surface area contributed by atoms with Gasteiger partial charge in [0.25, 0.3) is 0 Å². The van der Waals surface area contributed by atoms with E-state index in [0.29, 0.717) is 6.04 Å². The lowest BCUT2D eigenvalue weighted by atomic mass is 10.2. The Morgan fingerprint density at radius 2 is 2.00 bits per heavy atom. The first-order chi connectivity index (χ1) is 9.74. The number of aryl methyl sites for hydroxylation is 1. The molecule has 108 valence electrons. The minimum atomic E-state index is 0.330. The second-order valence-corrected chi connectivity index (χ2v) is 6.46. The molecule has 0 aliphatic rings. The van der Waals surface area contributed by atoms with Crippen LogP contribution in [-0.2, 0) is 6.54 Å². The Morgan fingerprint density at radius 3 is 2.65 bits per heavy atom. The molecule has 2 rings (SSSR count). The summed E-state index contributed by atoms with van der Waals surface area (Å²) in [6, 6.07) is 10.9. The van der Waals surface area contributed by atoms with Crippen molar-refractivity contribution in [3.63, 3.8) is 0 Å². The van der Waals surface area contributed by atoms with Crippen molar-refractivity contribution in [2.24, 2.45) is 0 Å². The maximum atomic E-state index is 4.37. The molecule has 0 aliphatic heterocycles. The van der Waals surface area contributed by atoms with Gasteiger partial charge in [0.1, 0.15) is 0 Å². The maximum Gasteiger partial charge on any atom is 0.0587 e. The molecule has 2 aromatic rings. The maximum absolute atomic E-state index is 4.37. The van der Waals surface area contributed by atoms with Gasteiger partial charge in [-0.05, 0) is 43.8 Å². The molecule has 1 atom stereocenters. The molecule has 0 aliphatic carbocycles. The molecular weight excluding hydrogens is 334 g/mol. The van der Waals surface area contributed by atoms with Crippen LogP contribution in [0.15, 0.2) is 45.9 Å². The Labute approximate surface area is 133 Å². The number of halogens is 1. The Morgan fingerprint density at radius 1 is 1.25 bits per heavy atom. The Kier molecular flexibility index (Phi) is 6.13. The normalized spacial score (nSPS) is 12.6. The first-order valence-electron chi connectivity index (χ1n) is 6.88. The van der Waals surface area contributed by atoms with Crippen LogP contribution in [0.4, 0.5) is 0 Å². The van der Waals surface area contributed by atoms with E-state index in [2.05, 4.69) is 75.2 Å². The molecule has 1 unspecified atom stereocenters. The van der Waals surface area contributed by atoms with E-state index in [4.69, 9.17) is 0 Å². The van der Waals surface area contributed by atoms with Gasteiger partial charge in [-0.1, -0.05) is 22.9 Å². The van der Waals surface area contributed by atoms with E-state index in [9.17, 15) is 0 Å². The summed E-state index contributed by atoms with van der Waals surface area (Å²) >= 11 is 5.34. The zero-order valence-corrected chi connectivity index (χ0v) is 14.2. The summed E-state index contributed by atoms with van der Waals surface area (Å²) < 4.78 is 3.18. The highest BCUT2D eigenvalue weighted by Crippen LogP contribution is 2.26. The summed E-state index contributed by atoms with van der Waals surface area (Å²) in [5, 5.41) is 7.92. The third kappa shape index (κ3) is 4.11. The number of aromatic nitrogens is 2. The number of thioether (sulfide) groups is 1. The molecule has 0 saturated carbocycles. The van der Waals surface area contributed by atoms with E-state index in [1.807, 2.05) is 18.0 Å². The summed E-state index contributed by atoms with van der Waals surface area (Å²) in [6.07, 6.45) is 1.88. The van der Waals surface area contributed by atoms with Gasteiger partial charge >= 0.3 is 0 Å². The van der Waals surface area contributed by atoms with Crippen LogP contribution in [0.25, 0.3) is 0 Å². The van der Waals surface area contributed by atoms with Crippen LogP contribution in [-0.4, -0.2) is 22.1 Å². The van der Waals surface area contributed by atoms with E-state index in [0.717, 1.165) is 23.3 Å². The van der Waals surface area contributed by atoms with Crippen molar-refractivity contribution in [1.29, 1.82) is 0 Å². The van der Waals surface area contributed by atoms with Crippen LogP contribution >= 0.6 is 27.7 Å². The van der Waals surface area contributed by atoms with Crippen molar-refractivity contribution >= 4 is 27.7 Å². The molecule has 1 N–H and O–H groups in total. The van der Waals surface area contributed by atoms with Gasteiger partial charge in [-0.15, -0.1) is 11.8 Å². The zero-order chi connectivity index (χ0) is 14.4. The molecule has 0 saturated heterocycles. The number of hydrogen-bond donors (Lipinski definition) is 1. The van der Waals surface area contributed by atoms with E-state index in [1.54, 1.807) is 0 Å². The van der Waals surface area contributed by atoms with Gasteiger partial charge in [-0.25, -0.2) is 0 Å². The molecular formula is C15H20BrN3S. The van der Waals surface area contributed by atoms with Crippen LogP contribution in [0.3, 0.4) is 0 Å². The largest absolute Gasteiger partial charge is 0.308 e. The molecule has 0 spiro atoms. The van der Waals surface area contributed by atoms with Gasteiger partial charge in [-0.3, -0.25) is 4.68 Å². The fourth-order valence-electron chi connectivity index (χ4n) is 2.11. The third-order valence-corrected chi connectivity index (χ3v) is 4.72. The first-order valence-corrected chi connectivity index (χ1v) is 8.66. The van der Waals surface area contributed by atoms with E-state index >= 15 is 0 Å². The molecule has 0 bridgehead atoms. The highest BCUT2D eigenvalue weighted by Gasteiger charge is 2.15. The van der Waals surface area contributed by atoms with Crippen molar-refractivity contribution in [3.05, 3.63) is 46.7 Å². The number of rotatable bonds is 7. The smallest absolute Gasteiger partial charge is 0.0587 e. The van der Waals surface area contributed by atoms with Gasteiger partial charge < -0.3 is 5.32 Å². The van der Waals surface area contributed by atoms with Crippen LogP contribution in [0, 0.1) is 0 Å². The molecule has 0 amide bonds. The molecule has 1 aromatic carbocycles. The first kappa shape index (κ1) is 15.6. The van der Waals surface area contributed by atoms with Gasteiger partial charge in [0.2, 0.25) is 0 Å². The average molecular weight is 354 g/mol. The predicted molar refractivity (Wildman–Crippen MR) is 89.2 cm³/mol. The van der Waals surface area contributed by atoms with Gasteiger partial charge in [-0.2, -0.15) is 5.10 Å². The van der Waals surface area contributed by atoms with Crippen molar-refractivity contribution in [1.82, 2.24) is 15.1 Å². The van der Waals surface area contributed by atoms with E-state index < -0.39 is 0 Å². The highest BCUT2D eigenvalue weighted by molar-refractivity contribution is 9.10. The molecule has 0 radical (unpaired) electrons. The number of hydrogen-bond acceptors (Lipinski definition) is 3. The number of nitrogens with one attached hydrogen (secondary N) is 1. The molecule has 20 heavy (non-hydrogen) atoms. The second-order valence-electron chi connectivity index (χ2n) is 4.45. The number of benzene rings is 1. The fraction of sp³-hybridized carbons (Fsp3) is 0.400. The summed E-state index contributed by atoms with van der Waals surface area (Å²) in [4.78, 5) is 1.29. The zero-order valence-electron chi connectivity index (χ0n) is 11.8. The lowest BCUT2D eigenvalue weighted by Crippen LogP contribution is -2.25. The summed E-state index contributed by atoms with van der Waals surface area (Å²) in [7, 11) is 0. The van der Waals surface area contributed by atoms with Crippen molar-refractivity contribution < 1.29 is 0 Å². The van der Waals surface area contributed by atoms with Crippen molar-refractivity contribution in [2.45, 2.75) is 31.3 Å². The fourth-order valence-corrected chi connectivity index (χ4v) is 3.35. The van der Waals surface area contributed by atoms with Crippen LogP contribution < -0.4 is 5.32 Å². The van der Waals surface area contributed by atoms with Gasteiger partial charge in [0.05, 0.1) is 11.7 Å². The van der Waals surface area contributed by atoms with Crippen molar-refractivity contribution in [3.8, 4) is 0 Å². The monoisotopic (exact) mass is 353 g/mol. The Bertz CT molecular complexity index is 524. The third-order valence-electron chi connectivity index (χ3n) is 3.09. The Hall–Kier alpha value is -0.780. The van der Waals surface area contributed by atoms with Gasteiger partial charge in [0, 0.05) is 27.9 Å². The molecule has 1 heterocycles. The molecule has 0 fully saturated rings. The van der Waals surface area contributed by atoms with Crippen LogP contribution in [0.2, 0.25) is 0 Å². The second kappa shape index (κ2) is 7.86. The molecule has 3 nitrogen and oxygen atoms in total. The predicted octanol–water partition coefficient (Wildman–Crippen LogP) is 4.11. The highest BCUT2D eigenvalue weighted by atomic mass is 79.9. The van der Waals surface area contributed by atoms with Crippen LogP contribution in [0.1, 0.15) is 25.6 Å².